The summed E-state index contributed by atoms with van der Waals surface area (Å²) in [4.78, 5) is 50.3. The Morgan fingerprint density at radius 3 is 2.73 bits per heavy atom. The molecule has 0 saturated carbocycles. The first-order valence-corrected chi connectivity index (χ1v) is 11.5. The van der Waals surface area contributed by atoms with Gasteiger partial charge in [0.1, 0.15) is 11.4 Å². The lowest BCUT2D eigenvalue weighted by Crippen LogP contribution is -2.39. The fourth-order valence-corrected chi connectivity index (χ4v) is 4.34. The number of aromatic amines is 1. The third-order valence-electron chi connectivity index (χ3n) is 6.02. The third-order valence-corrected chi connectivity index (χ3v) is 6.02. The van der Waals surface area contributed by atoms with Crippen LogP contribution in [0.25, 0.3) is 5.65 Å². The van der Waals surface area contributed by atoms with Gasteiger partial charge in [0.15, 0.2) is 11.3 Å². The Morgan fingerprint density at radius 2 is 1.97 bits per heavy atom. The van der Waals surface area contributed by atoms with Gasteiger partial charge in [-0.05, 0) is 42.8 Å². The quantitative estimate of drug-likeness (QED) is 0.345. The summed E-state index contributed by atoms with van der Waals surface area (Å²) < 4.78 is 26.4. The highest BCUT2D eigenvalue weighted by Gasteiger charge is 2.36. The molecule has 13 heteroatoms. The van der Waals surface area contributed by atoms with Crippen molar-refractivity contribution in [3.05, 3.63) is 88.4 Å². The van der Waals surface area contributed by atoms with Crippen molar-refractivity contribution in [1.29, 1.82) is 0 Å². The van der Waals surface area contributed by atoms with E-state index in [-0.39, 0.29) is 23.3 Å². The Bertz CT molecular complexity index is 1490. The fraction of sp³-hybridized carbons (Fsp3) is 0.250. The number of aromatic nitrogens is 5. The van der Waals surface area contributed by atoms with Gasteiger partial charge in [0.25, 0.3) is 23.8 Å². The molecule has 2 atom stereocenters. The minimum atomic E-state index is -2.69. The lowest BCUT2D eigenvalue weighted by molar-refractivity contribution is 0.0884. The van der Waals surface area contributed by atoms with Gasteiger partial charge in [0.05, 0.1) is 24.5 Å². The molecule has 1 aliphatic heterocycles. The van der Waals surface area contributed by atoms with E-state index in [0.29, 0.717) is 24.4 Å². The Kier molecular flexibility index (Phi) is 6.58. The van der Waals surface area contributed by atoms with Crippen LogP contribution in [0.5, 0.6) is 0 Å². The molecule has 0 unspecified atom stereocenters. The predicted octanol–water partition coefficient (Wildman–Crippen LogP) is 1.56. The van der Waals surface area contributed by atoms with E-state index in [1.54, 1.807) is 30.5 Å². The first kappa shape index (κ1) is 24.0. The lowest BCUT2D eigenvalue weighted by atomic mass is 10.1. The van der Waals surface area contributed by atoms with Crippen molar-refractivity contribution in [2.75, 3.05) is 18.0 Å². The maximum Gasteiger partial charge on any atom is 0.271 e. The van der Waals surface area contributed by atoms with Gasteiger partial charge in [0.2, 0.25) is 0 Å². The van der Waals surface area contributed by atoms with Crippen molar-refractivity contribution >= 4 is 23.3 Å². The number of nitrogens with one attached hydrogen (secondary N) is 3. The molecule has 0 aliphatic carbocycles. The summed E-state index contributed by atoms with van der Waals surface area (Å²) in [6, 6.07) is 11.3. The van der Waals surface area contributed by atoms with Gasteiger partial charge >= 0.3 is 0 Å². The number of rotatable bonds is 7. The van der Waals surface area contributed by atoms with Gasteiger partial charge in [-0.15, -0.1) is 5.10 Å². The average Bonchev–Trinajstić information content (AvgIpc) is 3.52. The van der Waals surface area contributed by atoms with Crippen molar-refractivity contribution in [2.24, 2.45) is 0 Å². The van der Waals surface area contributed by atoms with Gasteiger partial charge in [-0.25, -0.2) is 18.3 Å². The van der Waals surface area contributed by atoms with Crippen LogP contribution in [0.4, 0.5) is 14.6 Å². The van der Waals surface area contributed by atoms with Crippen LogP contribution in [-0.2, 0) is 0 Å². The van der Waals surface area contributed by atoms with Crippen molar-refractivity contribution in [3.8, 4) is 0 Å². The molecule has 4 aromatic heterocycles. The van der Waals surface area contributed by atoms with E-state index >= 15 is 0 Å². The summed E-state index contributed by atoms with van der Waals surface area (Å²) in [7, 11) is 0. The van der Waals surface area contributed by atoms with Crippen LogP contribution in [-0.4, -0.2) is 61.9 Å². The van der Waals surface area contributed by atoms with Gasteiger partial charge in [0, 0.05) is 25.0 Å². The van der Waals surface area contributed by atoms with Crippen molar-refractivity contribution in [3.63, 3.8) is 0 Å². The summed E-state index contributed by atoms with van der Waals surface area (Å²) in [5.74, 6) is -0.749. The zero-order valence-electron chi connectivity index (χ0n) is 19.3. The second kappa shape index (κ2) is 10.1. The Labute approximate surface area is 208 Å². The summed E-state index contributed by atoms with van der Waals surface area (Å²) in [5, 5.41) is 9.64. The fourth-order valence-electron chi connectivity index (χ4n) is 4.34. The van der Waals surface area contributed by atoms with E-state index in [4.69, 9.17) is 0 Å². The summed E-state index contributed by atoms with van der Waals surface area (Å²) in [5.41, 5.74) is 0.653. The van der Waals surface area contributed by atoms with Crippen LogP contribution in [0.1, 0.15) is 39.0 Å². The van der Waals surface area contributed by atoms with Crippen molar-refractivity contribution in [2.45, 2.75) is 24.9 Å². The van der Waals surface area contributed by atoms with Crippen LogP contribution < -0.4 is 21.1 Å². The molecule has 0 spiro atoms. The molecule has 190 valence electrons. The van der Waals surface area contributed by atoms with Crippen molar-refractivity contribution in [1.82, 2.24) is 35.2 Å². The van der Waals surface area contributed by atoms with Crippen LogP contribution in [0.2, 0.25) is 0 Å². The molecule has 5 rings (SSSR count). The highest BCUT2D eigenvalue weighted by Crippen LogP contribution is 2.34. The SMILES string of the molecule is O=C(N[C@H]1C[C@H](c2ccccn2)N(c2ccc3ncc(C(=O)NCC(F)F)n3n2)C1)c1ccc[nH]c1=O. The number of hydrogen-bond acceptors (Lipinski definition) is 7. The number of fused-ring (bicyclic) bond motifs is 1. The van der Waals surface area contributed by atoms with Crippen molar-refractivity contribution < 1.29 is 18.4 Å². The summed E-state index contributed by atoms with van der Waals surface area (Å²) in [6.07, 6.45) is 2.19. The van der Waals surface area contributed by atoms with E-state index in [0.717, 1.165) is 5.69 Å². The molecular formula is C24H22F2N8O3. The van der Waals surface area contributed by atoms with Crippen LogP contribution in [0, 0.1) is 0 Å². The number of carbonyl (C=O) groups excluding carboxylic acids is 2. The Balaban J connectivity index is 1.45. The molecule has 5 heterocycles. The number of hydrogen-bond donors (Lipinski definition) is 3. The number of nitrogens with zero attached hydrogens (tertiary/aromatic N) is 5. The molecule has 2 amide bonds. The number of amides is 2. The normalized spacial score (nSPS) is 17.3. The first-order chi connectivity index (χ1) is 17.9. The van der Waals surface area contributed by atoms with Gasteiger partial charge in [-0.3, -0.25) is 19.4 Å². The monoisotopic (exact) mass is 508 g/mol. The van der Waals surface area contributed by atoms with E-state index in [2.05, 4.69) is 30.7 Å². The minimum Gasteiger partial charge on any atom is -0.347 e. The molecule has 1 fully saturated rings. The average molecular weight is 508 g/mol. The van der Waals surface area contributed by atoms with E-state index in [9.17, 15) is 23.2 Å². The van der Waals surface area contributed by atoms with E-state index in [1.165, 1.54) is 23.0 Å². The van der Waals surface area contributed by atoms with Crippen LogP contribution >= 0.6 is 0 Å². The molecule has 1 aliphatic rings. The lowest BCUT2D eigenvalue weighted by Gasteiger charge is -2.25. The van der Waals surface area contributed by atoms with E-state index in [1.807, 2.05) is 17.0 Å². The predicted molar refractivity (Wildman–Crippen MR) is 129 cm³/mol. The van der Waals surface area contributed by atoms with Gasteiger partial charge in [-0.1, -0.05) is 6.07 Å². The number of carbonyl (C=O) groups is 2. The molecule has 0 bridgehead atoms. The van der Waals surface area contributed by atoms with E-state index < -0.39 is 30.3 Å². The molecule has 11 nitrogen and oxygen atoms in total. The zero-order chi connectivity index (χ0) is 25.9. The number of alkyl halides is 2. The molecule has 1 saturated heterocycles. The largest absolute Gasteiger partial charge is 0.347 e. The number of anilines is 1. The topological polar surface area (TPSA) is 137 Å². The smallest absolute Gasteiger partial charge is 0.271 e. The first-order valence-electron chi connectivity index (χ1n) is 11.5. The van der Waals surface area contributed by atoms with Gasteiger partial charge < -0.3 is 20.5 Å². The maximum atomic E-state index is 12.8. The summed E-state index contributed by atoms with van der Waals surface area (Å²) in [6.45, 7) is -0.441. The number of pyridine rings is 2. The number of H-pyrrole nitrogens is 1. The van der Waals surface area contributed by atoms with Crippen LogP contribution in [0.15, 0.2) is 65.8 Å². The molecule has 3 N–H and O–H groups in total. The second-order valence-electron chi connectivity index (χ2n) is 8.45. The van der Waals surface area contributed by atoms with Gasteiger partial charge in [-0.2, -0.15) is 0 Å². The highest BCUT2D eigenvalue weighted by atomic mass is 19.3. The number of imidazole rings is 1. The second-order valence-corrected chi connectivity index (χ2v) is 8.45. The number of halogens is 2. The zero-order valence-corrected chi connectivity index (χ0v) is 19.3. The molecule has 0 radical (unpaired) electrons. The standard InChI is InChI=1S/C24H22F2N8O3/c25-19(26)12-30-24(37)18-11-29-20-6-7-21(32-34(18)20)33-13-14(10-17(33)16-5-1-2-8-27-16)31-23(36)15-4-3-9-28-22(15)35/h1-9,11,14,17,19H,10,12-13H2,(H,28,35)(H,30,37)(H,31,36)/t14-,17+/m0/s1. The summed E-state index contributed by atoms with van der Waals surface area (Å²) >= 11 is 0. The Hall–Kier alpha value is -4.68. The third kappa shape index (κ3) is 5.01. The van der Waals surface area contributed by atoms with Crippen LogP contribution in [0.3, 0.4) is 0 Å². The highest BCUT2D eigenvalue weighted by molar-refractivity contribution is 5.94. The molecular weight excluding hydrogens is 486 g/mol. The maximum absolute atomic E-state index is 12.8. The molecule has 4 aromatic rings. The minimum absolute atomic E-state index is 0.00717. The Morgan fingerprint density at radius 1 is 1.11 bits per heavy atom. The molecule has 0 aromatic carbocycles. The molecule has 37 heavy (non-hydrogen) atoms.